The fraction of sp³-hybridized carbons (Fsp3) is 0.423. The third-order valence-electron chi connectivity index (χ3n) is 6.21. The Morgan fingerprint density at radius 3 is 2.66 bits per heavy atom. The summed E-state index contributed by atoms with van der Waals surface area (Å²) in [6.45, 7) is 8.53. The Kier molecular flexibility index (Phi) is 6.70. The third-order valence-corrected chi connectivity index (χ3v) is 6.21. The molecule has 1 amide bonds. The van der Waals surface area contributed by atoms with Crippen LogP contribution in [0.5, 0.6) is 0 Å². The summed E-state index contributed by atoms with van der Waals surface area (Å²) in [5.41, 5.74) is 3.53. The molecule has 3 heterocycles. The Morgan fingerprint density at radius 1 is 1.19 bits per heavy atom. The zero-order valence-corrected chi connectivity index (χ0v) is 19.2. The number of nitrogens with one attached hydrogen (secondary N) is 1. The smallest absolute Gasteiger partial charge is 0.241 e. The van der Waals surface area contributed by atoms with Gasteiger partial charge in [0.05, 0.1) is 0 Å². The predicted octanol–water partition coefficient (Wildman–Crippen LogP) is 4.39. The van der Waals surface area contributed by atoms with Crippen molar-refractivity contribution in [2.24, 2.45) is 5.92 Å². The molecule has 1 atom stereocenters. The highest BCUT2D eigenvalue weighted by Crippen LogP contribution is 2.35. The number of hydrogen-bond donors (Lipinski definition) is 1. The molecular formula is C26H32N4O2. The molecule has 1 N–H and O–H groups in total. The molecule has 6 nitrogen and oxygen atoms in total. The third kappa shape index (κ3) is 4.91. The van der Waals surface area contributed by atoms with Crippen molar-refractivity contribution in [3.05, 3.63) is 71.7 Å². The van der Waals surface area contributed by atoms with Crippen LogP contribution < -0.4 is 5.32 Å². The molecule has 0 saturated carbocycles. The van der Waals surface area contributed by atoms with Gasteiger partial charge in [0.25, 0.3) is 0 Å². The lowest BCUT2D eigenvalue weighted by atomic mass is 9.88. The van der Waals surface area contributed by atoms with Crippen molar-refractivity contribution in [2.45, 2.75) is 52.1 Å². The van der Waals surface area contributed by atoms with Gasteiger partial charge in [-0.25, -0.2) is 0 Å². The molecule has 4 rings (SSSR count). The van der Waals surface area contributed by atoms with E-state index in [1.807, 2.05) is 30.3 Å². The molecule has 1 aliphatic heterocycles. The normalized spacial score (nSPS) is 18.9. The Morgan fingerprint density at radius 2 is 1.94 bits per heavy atom. The summed E-state index contributed by atoms with van der Waals surface area (Å²) < 4.78 is 5.74. The zero-order valence-electron chi connectivity index (χ0n) is 19.2. The van der Waals surface area contributed by atoms with Crippen LogP contribution in [0.2, 0.25) is 0 Å². The van der Waals surface area contributed by atoms with Crippen LogP contribution in [0.1, 0.15) is 43.6 Å². The van der Waals surface area contributed by atoms with Crippen molar-refractivity contribution in [1.82, 2.24) is 20.4 Å². The number of likely N-dealkylation sites (tertiary alicyclic amines) is 1. The number of benzene rings is 1. The fourth-order valence-corrected chi connectivity index (χ4v) is 4.42. The van der Waals surface area contributed by atoms with E-state index in [-0.39, 0.29) is 5.91 Å². The molecule has 1 aromatic carbocycles. The van der Waals surface area contributed by atoms with Crippen LogP contribution in [0.4, 0.5) is 0 Å². The minimum Gasteiger partial charge on any atom is -0.361 e. The Balaban J connectivity index is 1.61. The Labute approximate surface area is 190 Å². The van der Waals surface area contributed by atoms with Gasteiger partial charge in [-0.05, 0) is 49.9 Å². The highest BCUT2D eigenvalue weighted by atomic mass is 16.5. The molecule has 0 radical (unpaired) electrons. The molecule has 3 aromatic rings. The van der Waals surface area contributed by atoms with E-state index in [1.54, 1.807) is 12.4 Å². The number of pyridine rings is 1. The fourth-order valence-electron chi connectivity index (χ4n) is 4.42. The second kappa shape index (κ2) is 9.65. The summed E-state index contributed by atoms with van der Waals surface area (Å²) in [4.78, 5) is 20.0. The standard InChI is InChI=1S/C26H32N4O2/c1-19(2)17-28-25(31)26(11-4-14-30(26)18-21-9-12-27-13-10-21)16-23-15-24(29-32-23)22-7-5-20(3)6-8-22/h5-10,12-13,15,19H,4,11,14,16-18H2,1-3H3,(H,28,31). The Bertz CT molecular complexity index is 1030. The average Bonchev–Trinajstić information content (AvgIpc) is 3.41. The van der Waals surface area contributed by atoms with E-state index >= 15 is 0 Å². The van der Waals surface area contributed by atoms with Gasteiger partial charge >= 0.3 is 0 Å². The van der Waals surface area contributed by atoms with E-state index in [0.717, 1.165) is 42.0 Å². The van der Waals surface area contributed by atoms with Crippen LogP contribution in [0.15, 0.2) is 59.4 Å². The first-order valence-corrected chi connectivity index (χ1v) is 11.4. The van der Waals surface area contributed by atoms with Crippen molar-refractivity contribution in [3.63, 3.8) is 0 Å². The van der Waals surface area contributed by atoms with E-state index in [0.29, 0.717) is 25.4 Å². The lowest BCUT2D eigenvalue weighted by molar-refractivity contribution is -0.132. The van der Waals surface area contributed by atoms with Gasteiger partial charge in [0, 0.05) is 43.5 Å². The molecule has 168 valence electrons. The maximum atomic E-state index is 13.6. The summed E-state index contributed by atoms with van der Waals surface area (Å²) in [5.74, 6) is 1.21. The molecule has 1 saturated heterocycles. The first-order chi connectivity index (χ1) is 15.5. The van der Waals surface area contributed by atoms with Crippen molar-refractivity contribution >= 4 is 5.91 Å². The number of aryl methyl sites for hydroxylation is 1. The minimum absolute atomic E-state index is 0.0750. The summed E-state index contributed by atoms with van der Waals surface area (Å²) in [6.07, 6.45) is 5.87. The summed E-state index contributed by atoms with van der Waals surface area (Å²) in [6, 6.07) is 14.2. The van der Waals surface area contributed by atoms with E-state index in [9.17, 15) is 4.79 Å². The molecule has 2 aromatic heterocycles. The van der Waals surface area contributed by atoms with Gasteiger partial charge < -0.3 is 9.84 Å². The van der Waals surface area contributed by atoms with E-state index in [1.165, 1.54) is 5.56 Å². The number of amides is 1. The van der Waals surface area contributed by atoms with E-state index in [2.05, 4.69) is 53.3 Å². The van der Waals surface area contributed by atoms with Crippen LogP contribution in [-0.4, -0.2) is 39.6 Å². The summed E-state index contributed by atoms with van der Waals surface area (Å²) in [7, 11) is 0. The molecule has 32 heavy (non-hydrogen) atoms. The lowest BCUT2D eigenvalue weighted by Gasteiger charge is -2.37. The largest absolute Gasteiger partial charge is 0.361 e. The van der Waals surface area contributed by atoms with Gasteiger partial charge in [-0.3, -0.25) is 14.7 Å². The predicted molar refractivity (Wildman–Crippen MR) is 125 cm³/mol. The second-order valence-corrected chi connectivity index (χ2v) is 9.24. The molecule has 0 bridgehead atoms. The average molecular weight is 433 g/mol. The molecule has 1 fully saturated rings. The molecular weight excluding hydrogens is 400 g/mol. The summed E-state index contributed by atoms with van der Waals surface area (Å²) in [5, 5.41) is 7.49. The quantitative estimate of drug-likeness (QED) is 0.571. The number of carbonyl (C=O) groups is 1. The van der Waals surface area contributed by atoms with Crippen molar-refractivity contribution in [2.75, 3.05) is 13.1 Å². The van der Waals surface area contributed by atoms with E-state index in [4.69, 9.17) is 4.52 Å². The van der Waals surface area contributed by atoms with Gasteiger partial charge in [0.1, 0.15) is 17.0 Å². The highest BCUT2D eigenvalue weighted by Gasteiger charge is 2.48. The van der Waals surface area contributed by atoms with Gasteiger partial charge in [-0.2, -0.15) is 0 Å². The summed E-state index contributed by atoms with van der Waals surface area (Å²) >= 11 is 0. The first-order valence-electron chi connectivity index (χ1n) is 11.4. The SMILES string of the molecule is Cc1ccc(-c2cc(CC3(C(=O)NCC(C)C)CCCN3Cc3ccncc3)on2)cc1. The van der Waals surface area contributed by atoms with Gasteiger partial charge in [0.15, 0.2) is 0 Å². The maximum Gasteiger partial charge on any atom is 0.241 e. The van der Waals surface area contributed by atoms with Crippen LogP contribution >= 0.6 is 0 Å². The number of rotatable bonds is 8. The monoisotopic (exact) mass is 432 g/mol. The molecule has 6 heteroatoms. The van der Waals surface area contributed by atoms with Crippen LogP contribution in [0, 0.1) is 12.8 Å². The molecule has 0 aliphatic carbocycles. The van der Waals surface area contributed by atoms with Crippen molar-refractivity contribution < 1.29 is 9.32 Å². The highest BCUT2D eigenvalue weighted by molar-refractivity contribution is 5.87. The molecule has 0 spiro atoms. The van der Waals surface area contributed by atoms with Crippen LogP contribution in [0.3, 0.4) is 0 Å². The van der Waals surface area contributed by atoms with Gasteiger partial charge in [0.2, 0.25) is 5.91 Å². The zero-order chi connectivity index (χ0) is 22.6. The van der Waals surface area contributed by atoms with Gasteiger partial charge in [-0.15, -0.1) is 0 Å². The van der Waals surface area contributed by atoms with Gasteiger partial charge in [-0.1, -0.05) is 48.8 Å². The second-order valence-electron chi connectivity index (χ2n) is 9.24. The minimum atomic E-state index is -0.651. The number of carbonyl (C=O) groups excluding carboxylic acids is 1. The molecule has 1 unspecified atom stereocenters. The lowest BCUT2D eigenvalue weighted by Crippen LogP contribution is -2.57. The number of hydrogen-bond acceptors (Lipinski definition) is 5. The molecule has 1 aliphatic rings. The first kappa shape index (κ1) is 22.2. The van der Waals surface area contributed by atoms with Crippen LogP contribution in [-0.2, 0) is 17.8 Å². The topological polar surface area (TPSA) is 71.3 Å². The van der Waals surface area contributed by atoms with Crippen LogP contribution in [0.25, 0.3) is 11.3 Å². The van der Waals surface area contributed by atoms with E-state index < -0.39 is 5.54 Å². The number of aromatic nitrogens is 2. The Hall–Kier alpha value is -2.99. The number of nitrogens with zero attached hydrogens (tertiary/aromatic N) is 3. The van der Waals surface area contributed by atoms with Crippen molar-refractivity contribution in [1.29, 1.82) is 0 Å². The maximum absolute atomic E-state index is 13.6. The van der Waals surface area contributed by atoms with Crippen molar-refractivity contribution in [3.8, 4) is 11.3 Å².